The summed E-state index contributed by atoms with van der Waals surface area (Å²) >= 11 is 1.30. The van der Waals surface area contributed by atoms with Crippen molar-refractivity contribution >= 4 is 72.1 Å². The summed E-state index contributed by atoms with van der Waals surface area (Å²) in [4.78, 5) is 0. The predicted octanol–water partition coefficient (Wildman–Crippen LogP) is 12.8. The van der Waals surface area contributed by atoms with E-state index in [2.05, 4.69) is 132 Å². The van der Waals surface area contributed by atoms with Gasteiger partial charge in [-0.15, -0.1) is 106 Å². The topological polar surface area (TPSA) is 0 Å². The van der Waals surface area contributed by atoms with E-state index in [9.17, 15) is 0 Å². The van der Waals surface area contributed by atoms with Crippen molar-refractivity contribution in [3.63, 3.8) is 0 Å². The average Bonchev–Trinajstić information content (AvgIpc) is 3.90. The van der Waals surface area contributed by atoms with Crippen LogP contribution in [0.5, 0.6) is 0 Å². The molecule has 0 aliphatic heterocycles. The smallest absolute Gasteiger partial charge is 0.0240 e. The number of hydrogen-bond acceptors (Lipinski definition) is 0. The van der Waals surface area contributed by atoms with Crippen molar-refractivity contribution in [2.75, 3.05) is 0 Å². The zero-order chi connectivity index (χ0) is 33.0. The minimum atomic E-state index is 0. The standard InChI is InChI=1S/C21H13.2C10H7.C5H5.CH2.2ClH.Zr/c1-2-8-15-14(7-1)13-20-18-11-4-3-9-16(18)17-10-5-6-12-19(17)21(15)20;2*1-2-6-10-8-4-3-7-9(10)5-1;1-2-4-5-3-1;;;;/h1-10,12H,13H2;2*1-3,5-8H;1-3H,4H2;1H2;2*1H;/q4*-1;;;;. The van der Waals surface area contributed by atoms with Crippen LogP contribution in [-0.2, 0) is 30.7 Å². The molecule has 0 saturated heterocycles. The Kier molecular flexibility index (Phi) is 15.1. The van der Waals surface area contributed by atoms with Crippen molar-refractivity contribution in [3.8, 4) is 11.1 Å². The number of benzene rings is 8. The van der Waals surface area contributed by atoms with Gasteiger partial charge in [-0.1, -0.05) is 90.3 Å². The van der Waals surface area contributed by atoms with Crippen LogP contribution in [0.1, 0.15) is 17.5 Å². The van der Waals surface area contributed by atoms with Gasteiger partial charge in [0.15, 0.2) is 0 Å². The van der Waals surface area contributed by atoms with Gasteiger partial charge in [-0.05, 0) is 28.5 Å². The molecule has 0 fully saturated rings. The summed E-state index contributed by atoms with van der Waals surface area (Å²) in [6, 6.07) is 61.9. The number of halogens is 2. The molecule has 0 aromatic heterocycles. The monoisotopic (exact) mass is 760 g/mol. The molecular weight excluding hydrogens is 727 g/mol. The summed E-state index contributed by atoms with van der Waals surface area (Å²) in [5, 5.41) is 10.4. The second-order valence-electron chi connectivity index (χ2n) is 11.2. The molecule has 8 aromatic rings. The van der Waals surface area contributed by atoms with Gasteiger partial charge >= 0.3 is 28.4 Å². The van der Waals surface area contributed by atoms with Gasteiger partial charge in [-0.25, -0.2) is 12.2 Å². The van der Waals surface area contributed by atoms with E-state index in [0.29, 0.717) is 0 Å². The van der Waals surface area contributed by atoms with Gasteiger partial charge in [-0.2, -0.15) is 54.6 Å². The molecular formula is C47H36Cl2Zr-4. The molecule has 0 nitrogen and oxygen atoms in total. The van der Waals surface area contributed by atoms with Crippen LogP contribution in [0, 0.1) is 24.3 Å². The first-order valence-corrected chi connectivity index (χ1v) is 17.8. The van der Waals surface area contributed by atoms with Gasteiger partial charge in [0.25, 0.3) is 0 Å². The second-order valence-corrected chi connectivity index (χ2v) is 11.2. The molecule has 0 N–H and O–H groups in total. The van der Waals surface area contributed by atoms with Crippen LogP contribution in [-0.4, -0.2) is 4.21 Å². The average molecular weight is 763 g/mol. The van der Waals surface area contributed by atoms with E-state index in [-0.39, 0.29) is 24.8 Å². The van der Waals surface area contributed by atoms with Crippen LogP contribution in [0.25, 0.3) is 54.2 Å². The molecule has 3 heteroatoms. The van der Waals surface area contributed by atoms with Gasteiger partial charge in [0.1, 0.15) is 0 Å². The van der Waals surface area contributed by atoms with Gasteiger partial charge in [0.05, 0.1) is 0 Å². The normalized spacial score (nSPS) is 11.1. The Morgan fingerprint density at radius 1 is 0.540 bits per heavy atom. The molecule has 8 aromatic carbocycles. The van der Waals surface area contributed by atoms with Gasteiger partial charge in [0.2, 0.25) is 0 Å². The molecule has 0 bridgehead atoms. The maximum atomic E-state index is 3.48. The van der Waals surface area contributed by atoms with Crippen molar-refractivity contribution in [1.82, 2.24) is 0 Å². The molecule has 0 radical (unpaired) electrons. The molecule has 50 heavy (non-hydrogen) atoms. The summed E-state index contributed by atoms with van der Waals surface area (Å²) in [6.07, 6.45) is 11.0. The van der Waals surface area contributed by atoms with E-state index < -0.39 is 0 Å². The Balaban J connectivity index is 0.000000164. The van der Waals surface area contributed by atoms with Crippen LogP contribution >= 0.6 is 24.8 Å². The fourth-order valence-electron chi connectivity index (χ4n) is 6.21. The summed E-state index contributed by atoms with van der Waals surface area (Å²) in [6.45, 7) is 0. The zero-order valence-electron chi connectivity index (χ0n) is 27.6. The molecule has 2 aliphatic rings. The summed E-state index contributed by atoms with van der Waals surface area (Å²) in [5.74, 6) is 0. The van der Waals surface area contributed by atoms with Gasteiger partial charge in [0, 0.05) is 0 Å². The number of fused-ring (bicyclic) bond motifs is 10. The molecule has 2 aliphatic carbocycles. The first-order valence-electron chi connectivity index (χ1n) is 16.1. The maximum Gasteiger partial charge on any atom is -0.0240 e. The fraction of sp³-hybridized carbons (Fsp3) is 0.0426. The molecule has 0 unspecified atom stereocenters. The van der Waals surface area contributed by atoms with Crippen molar-refractivity contribution < 1.29 is 24.2 Å². The van der Waals surface area contributed by atoms with Gasteiger partial charge in [-0.3, -0.25) is 6.08 Å². The van der Waals surface area contributed by atoms with E-state index in [1.54, 1.807) is 0 Å². The van der Waals surface area contributed by atoms with Crippen molar-refractivity contribution in [3.05, 3.63) is 205 Å². The maximum absolute atomic E-state index is 3.48. The van der Waals surface area contributed by atoms with Crippen LogP contribution < -0.4 is 0 Å². The molecule has 0 heterocycles. The molecule has 246 valence electrons. The third kappa shape index (κ3) is 9.04. The second kappa shape index (κ2) is 19.7. The van der Waals surface area contributed by atoms with Crippen molar-refractivity contribution in [1.29, 1.82) is 0 Å². The van der Waals surface area contributed by atoms with Crippen LogP contribution in [0.2, 0.25) is 0 Å². The summed E-state index contributed by atoms with van der Waals surface area (Å²) in [5.41, 5.74) is 5.67. The van der Waals surface area contributed by atoms with Crippen LogP contribution in [0.4, 0.5) is 0 Å². The fourth-order valence-corrected chi connectivity index (χ4v) is 6.21. The largest absolute Gasteiger partial charge is 0.183 e. The number of hydrogen-bond donors (Lipinski definition) is 0. The molecule has 10 rings (SSSR count). The first-order chi connectivity index (χ1) is 23.9. The quantitative estimate of drug-likeness (QED) is 0.107. The Hall–Kier alpha value is -4.39. The Morgan fingerprint density at radius 3 is 1.68 bits per heavy atom. The molecule has 0 amide bonds. The van der Waals surface area contributed by atoms with E-state index in [1.807, 2.05) is 66.7 Å². The van der Waals surface area contributed by atoms with Gasteiger partial charge < -0.3 is 0 Å². The van der Waals surface area contributed by atoms with E-state index in [0.717, 1.165) is 12.8 Å². The molecule has 0 atom stereocenters. The van der Waals surface area contributed by atoms with Crippen molar-refractivity contribution in [2.45, 2.75) is 12.8 Å². The van der Waals surface area contributed by atoms with E-state index >= 15 is 0 Å². The molecule has 0 spiro atoms. The number of allylic oxidation sites excluding steroid dienone is 4. The number of rotatable bonds is 0. The SMILES string of the molecule is Cl.Cl.[C-]1=CC=CC1.[CH2]=[Zr].[c-]1ccc2ccccc2c1.[c-]1ccc2ccccc2c1.[c-]1cccc2c1c1c(c3ccccc32)-c2ccccc2C1. The zero-order valence-corrected chi connectivity index (χ0v) is 31.7. The first kappa shape index (κ1) is 38.4. The third-order valence-corrected chi connectivity index (χ3v) is 8.37. The molecule has 0 saturated carbocycles. The Morgan fingerprint density at radius 2 is 1.10 bits per heavy atom. The minimum Gasteiger partial charge on any atom is -0.183 e. The van der Waals surface area contributed by atoms with Crippen LogP contribution in [0.15, 0.2) is 170 Å². The van der Waals surface area contributed by atoms with Crippen molar-refractivity contribution in [2.24, 2.45) is 0 Å². The summed E-state index contributed by atoms with van der Waals surface area (Å²) in [7, 11) is 0. The minimum absolute atomic E-state index is 0. The summed E-state index contributed by atoms with van der Waals surface area (Å²) < 4.78 is 3.34. The Bertz CT molecular complexity index is 2140. The predicted molar refractivity (Wildman–Crippen MR) is 217 cm³/mol. The Labute approximate surface area is 323 Å². The van der Waals surface area contributed by atoms with E-state index in [4.69, 9.17) is 0 Å². The third-order valence-electron chi connectivity index (χ3n) is 8.37. The van der Waals surface area contributed by atoms with E-state index in [1.165, 1.54) is 89.6 Å². The van der Waals surface area contributed by atoms with Crippen LogP contribution in [0.3, 0.4) is 0 Å².